The van der Waals surface area contributed by atoms with E-state index in [0.29, 0.717) is 11.0 Å². The Morgan fingerprint density at radius 3 is 2.94 bits per heavy atom. The van der Waals surface area contributed by atoms with Crippen molar-refractivity contribution in [3.63, 3.8) is 0 Å². The summed E-state index contributed by atoms with van der Waals surface area (Å²) in [6.07, 6.45) is 0. The summed E-state index contributed by atoms with van der Waals surface area (Å²) in [7, 11) is 0. The van der Waals surface area contributed by atoms with Gasteiger partial charge in [0.1, 0.15) is 12.3 Å². The van der Waals surface area contributed by atoms with Gasteiger partial charge in [-0.05, 0) is 12.1 Å². The van der Waals surface area contributed by atoms with Crippen molar-refractivity contribution in [2.45, 2.75) is 6.61 Å². The largest absolute Gasteiger partial charge is 0.480 e. The first-order valence-corrected chi connectivity index (χ1v) is 4.94. The van der Waals surface area contributed by atoms with E-state index in [9.17, 15) is 9.59 Å². The fourth-order valence-electron chi connectivity index (χ4n) is 1.40. The lowest BCUT2D eigenvalue weighted by molar-refractivity contribution is -0.142. The molecule has 6 heteroatoms. The molecule has 0 spiro atoms. The third-order valence-corrected chi connectivity index (χ3v) is 2.13. The smallest absolute Gasteiger partial charge is 0.329 e. The summed E-state index contributed by atoms with van der Waals surface area (Å²) in [6, 6.07) is 7.09. The Hall–Kier alpha value is -2.21. The molecule has 0 bridgehead atoms. The Morgan fingerprint density at radius 2 is 2.18 bits per heavy atom. The van der Waals surface area contributed by atoms with Gasteiger partial charge in [-0.1, -0.05) is 12.1 Å². The molecule has 0 saturated heterocycles. The number of aliphatic carboxylic acids is 1. The van der Waals surface area contributed by atoms with Crippen molar-refractivity contribution in [3.05, 3.63) is 40.3 Å². The third kappa shape index (κ3) is 2.67. The average molecular weight is 234 g/mol. The lowest BCUT2D eigenvalue weighted by Gasteiger charge is -2.02. The zero-order valence-corrected chi connectivity index (χ0v) is 8.84. The van der Waals surface area contributed by atoms with Crippen LogP contribution < -0.4 is 5.56 Å². The number of rotatable bonds is 4. The van der Waals surface area contributed by atoms with Gasteiger partial charge in [-0.3, -0.25) is 4.79 Å². The maximum Gasteiger partial charge on any atom is 0.329 e. The van der Waals surface area contributed by atoms with Gasteiger partial charge in [0, 0.05) is 0 Å². The van der Waals surface area contributed by atoms with Crippen molar-refractivity contribution in [3.8, 4) is 0 Å². The number of nitrogens with zero attached hydrogens (tertiary/aromatic N) is 1. The van der Waals surface area contributed by atoms with E-state index in [2.05, 4.69) is 9.97 Å². The Balaban J connectivity index is 2.25. The molecular weight excluding hydrogens is 224 g/mol. The molecule has 1 heterocycles. The van der Waals surface area contributed by atoms with Gasteiger partial charge in [0.2, 0.25) is 0 Å². The standard InChI is InChI=1S/C11H10N2O4/c14-10(15)6-17-5-9-11(16)13-8-4-2-1-3-7(8)12-9/h1-4H,5-6H2,(H,13,16)(H,14,15). The van der Waals surface area contributed by atoms with E-state index in [1.165, 1.54) is 0 Å². The van der Waals surface area contributed by atoms with Crippen molar-refractivity contribution in [2.75, 3.05) is 6.61 Å². The van der Waals surface area contributed by atoms with Crippen LogP contribution in [0.3, 0.4) is 0 Å². The van der Waals surface area contributed by atoms with E-state index < -0.39 is 12.6 Å². The van der Waals surface area contributed by atoms with Crippen LogP contribution in [0.5, 0.6) is 0 Å². The first kappa shape index (κ1) is 11.3. The molecule has 0 aliphatic heterocycles. The summed E-state index contributed by atoms with van der Waals surface area (Å²) in [6.45, 7) is -0.569. The highest BCUT2D eigenvalue weighted by Gasteiger charge is 2.05. The molecule has 0 unspecified atom stereocenters. The molecule has 2 N–H and O–H groups in total. The van der Waals surface area contributed by atoms with Crippen LogP contribution in [-0.2, 0) is 16.1 Å². The molecule has 0 amide bonds. The summed E-state index contributed by atoms with van der Waals surface area (Å²) in [4.78, 5) is 28.6. The molecule has 0 radical (unpaired) electrons. The van der Waals surface area contributed by atoms with E-state index in [-0.39, 0.29) is 17.9 Å². The summed E-state index contributed by atoms with van der Waals surface area (Å²) in [5, 5.41) is 8.40. The number of hydrogen-bond donors (Lipinski definition) is 2. The molecule has 6 nitrogen and oxygen atoms in total. The highest BCUT2D eigenvalue weighted by atomic mass is 16.5. The normalized spacial score (nSPS) is 10.6. The molecular formula is C11H10N2O4. The highest BCUT2D eigenvalue weighted by Crippen LogP contribution is 2.06. The number of para-hydroxylation sites is 2. The first-order valence-electron chi connectivity index (χ1n) is 4.94. The molecule has 17 heavy (non-hydrogen) atoms. The summed E-state index contributed by atoms with van der Waals surface area (Å²) >= 11 is 0. The van der Waals surface area contributed by atoms with Gasteiger partial charge in [0.05, 0.1) is 17.6 Å². The summed E-state index contributed by atoms with van der Waals surface area (Å²) in [5.41, 5.74) is 1.08. The first-order chi connectivity index (χ1) is 8.16. The number of carbonyl (C=O) groups is 1. The van der Waals surface area contributed by atoms with Crippen LogP contribution in [0.2, 0.25) is 0 Å². The molecule has 0 aliphatic carbocycles. The van der Waals surface area contributed by atoms with Crippen LogP contribution in [0.4, 0.5) is 0 Å². The van der Waals surface area contributed by atoms with Gasteiger partial charge in [-0.25, -0.2) is 9.78 Å². The number of benzene rings is 1. The lowest BCUT2D eigenvalue weighted by atomic mass is 10.3. The molecule has 0 fully saturated rings. The van der Waals surface area contributed by atoms with Crippen LogP contribution in [0.25, 0.3) is 11.0 Å². The average Bonchev–Trinajstić information content (AvgIpc) is 2.29. The molecule has 2 rings (SSSR count). The van der Waals surface area contributed by atoms with Crippen LogP contribution in [0, 0.1) is 0 Å². The van der Waals surface area contributed by atoms with Gasteiger partial charge in [0.15, 0.2) is 0 Å². The molecule has 2 aromatic rings. The Morgan fingerprint density at radius 1 is 1.41 bits per heavy atom. The van der Waals surface area contributed by atoms with E-state index in [1.54, 1.807) is 24.3 Å². The van der Waals surface area contributed by atoms with Crippen molar-refractivity contribution in [2.24, 2.45) is 0 Å². The Bertz CT molecular complexity index is 606. The number of hydrogen-bond acceptors (Lipinski definition) is 4. The van der Waals surface area contributed by atoms with Gasteiger partial charge >= 0.3 is 5.97 Å². The maximum absolute atomic E-state index is 11.6. The van der Waals surface area contributed by atoms with E-state index in [0.717, 1.165) is 0 Å². The van der Waals surface area contributed by atoms with Gasteiger partial charge in [-0.15, -0.1) is 0 Å². The quantitative estimate of drug-likeness (QED) is 0.804. The molecule has 0 atom stereocenters. The number of aromatic nitrogens is 2. The number of H-pyrrole nitrogens is 1. The minimum Gasteiger partial charge on any atom is -0.480 e. The van der Waals surface area contributed by atoms with Crippen LogP contribution >= 0.6 is 0 Å². The number of nitrogens with one attached hydrogen (secondary N) is 1. The predicted octanol–water partition coefficient (Wildman–Crippen LogP) is 0.524. The second-order valence-electron chi connectivity index (χ2n) is 3.42. The monoisotopic (exact) mass is 234 g/mol. The van der Waals surface area contributed by atoms with Crippen molar-refractivity contribution in [1.82, 2.24) is 9.97 Å². The number of fused-ring (bicyclic) bond motifs is 1. The fourth-order valence-corrected chi connectivity index (χ4v) is 1.40. The zero-order chi connectivity index (χ0) is 12.3. The fraction of sp³-hybridized carbons (Fsp3) is 0.182. The van der Waals surface area contributed by atoms with Gasteiger partial charge < -0.3 is 14.8 Å². The molecule has 88 valence electrons. The van der Waals surface area contributed by atoms with Gasteiger partial charge in [0.25, 0.3) is 5.56 Å². The SMILES string of the molecule is O=C(O)COCc1nc2ccccc2[nH]c1=O. The van der Waals surface area contributed by atoms with Crippen LogP contribution in [-0.4, -0.2) is 27.7 Å². The minimum atomic E-state index is -1.08. The summed E-state index contributed by atoms with van der Waals surface area (Å²) in [5.74, 6) is -1.08. The molecule has 0 saturated carbocycles. The number of aromatic amines is 1. The third-order valence-electron chi connectivity index (χ3n) is 2.13. The second-order valence-corrected chi connectivity index (χ2v) is 3.42. The second kappa shape index (κ2) is 4.75. The highest BCUT2D eigenvalue weighted by molar-refractivity contribution is 5.73. The Labute approximate surface area is 95.9 Å². The van der Waals surface area contributed by atoms with Crippen molar-refractivity contribution in [1.29, 1.82) is 0 Å². The lowest BCUT2D eigenvalue weighted by Crippen LogP contribution is -2.17. The van der Waals surface area contributed by atoms with Gasteiger partial charge in [-0.2, -0.15) is 0 Å². The van der Waals surface area contributed by atoms with E-state index in [1.807, 2.05) is 0 Å². The van der Waals surface area contributed by atoms with E-state index >= 15 is 0 Å². The van der Waals surface area contributed by atoms with Crippen LogP contribution in [0.15, 0.2) is 29.1 Å². The molecule has 1 aromatic heterocycles. The van der Waals surface area contributed by atoms with Crippen molar-refractivity contribution < 1.29 is 14.6 Å². The molecule has 0 aliphatic rings. The minimum absolute atomic E-state index is 0.119. The summed E-state index contributed by atoms with van der Waals surface area (Å²) < 4.78 is 4.83. The number of carboxylic acids is 1. The predicted molar refractivity (Wildman–Crippen MR) is 59.7 cm³/mol. The number of ether oxygens (including phenoxy) is 1. The zero-order valence-electron chi connectivity index (χ0n) is 8.84. The maximum atomic E-state index is 11.6. The number of carboxylic acid groups (broad SMARTS) is 1. The van der Waals surface area contributed by atoms with E-state index in [4.69, 9.17) is 9.84 Å². The topological polar surface area (TPSA) is 92.3 Å². The molecule has 1 aromatic carbocycles. The van der Waals surface area contributed by atoms with Crippen LogP contribution in [0.1, 0.15) is 5.69 Å². The Kier molecular flexibility index (Phi) is 3.15. The van der Waals surface area contributed by atoms with Crippen molar-refractivity contribution >= 4 is 17.0 Å².